The van der Waals surface area contributed by atoms with Crippen LogP contribution in [0.25, 0.3) is 0 Å². The molecule has 1 aromatic carbocycles. The van der Waals surface area contributed by atoms with Gasteiger partial charge in [0.1, 0.15) is 0 Å². The van der Waals surface area contributed by atoms with Gasteiger partial charge in [-0.25, -0.2) is 0 Å². The van der Waals surface area contributed by atoms with Gasteiger partial charge in [-0.2, -0.15) is 0 Å². The molecule has 1 aromatic rings. The summed E-state index contributed by atoms with van der Waals surface area (Å²) in [6, 6.07) is 4.70. The molecule has 7 nitrogen and oxygen atoms in total. The Bertz CT molecular complexity index is 546. The Morgan fingerprint density at radius 3 is 3.00 bits per heavy atom. The third-order valence-corrected chi connectivity index (χ3v) is 3.18. The van der Waals surface area contributed by atoms with Gasteiger partial charge < -0.3 is 25.4 Å². The van der Waals surface area contributed by atoms with Crippen LogP contribution >= 0.6 is 0 Å². The topological polar surface area (TPSA) is 88.7 Å². The predicted molar refractivity (Wildman–Crippen MR) is 70.6 cm³/mol. The molecule has 1 atom stereocenters. The molecule has 0 aliphatic carbocycles. The largest absolute Gasteiger partial charge is 0.454 e. The summed E-state index contributed by atoms with van der Waals surface area (Å²) in [6.07, 6.45) is 0.0975. The SMILES string of the molecule is O=C(C[C@@H]1NCCNC1=O)Nc1ccc2c(c1)OCO2. The van der Waals surface area contributed by atoms with E-state index in [9.17, 15) is 9.59 Å². The van der Waals surface area contributed by atoms with Gasteiger partial charge in [0.25, 0.3) is 0 Å². The number of hydrogen-bond acceptors (Lipinski definition) is 5. The Balaban J connectivity index is 1.60. The first-order valence-corrected chi connectivity index (χ1v) is 6.43. The summed E-state index contributed by atoms with van der Waals surface area (Å²) in [5.41, 5.74) is 0.621. The summed E-state index contributed by atoms with van der Waals surface area (Å²) < 4.78 is 10.4. The Labute approximate surface area is 115 Å². The van der Waals surface area contributed by atoms with E-state index in [1.54, 1.807) is 18.2 Å². The van der Waals surface area contributed by atoms with Crippen LogP contribution in [-0.2, 0) is 9.59 Å². The molecule has 0 saturated carbocycles. The minimum atomic E-state index is -0.474. The van der Waals surface area contributed by atoms with E-state index in [2.05, 4.69) is 16.0 Å². The van der Waals surface area contributed by atoms with Crippen LogP contribution in [0.4, 0.5) is 5.69 Å². The molecule has 2 aliphatic rings. The minimum absolute atomic E-state index is 0.0975. The highest BCUT2D eigenvalue weighted by Gasteiger charge is 2.24. The highest BCUT2D eigenvalue weighted by molar-refractivity contribution is 5.95. The Kier molecular flexibility index (Phi) is 3.42. The van der Waals surface area contributed by atoms with Crippen molar-refractivity contribution in [2.24, 2.45) is 0 Å². The lowest BCUT2D eigenvalue weighted by molar-refractivity contribution is -0.127. The van der Waals surface area contributed by atoms with Crippen LogP contribution in [0.15, 0.2) is 18.2 Å². The normalized spacial score (nSPS) is 20.4. The van der Waals surface area contributed by atoms with Gasteiger partial charge in [0.15, 0.2) is 11.5 Å². The first-order chi connectivity index (χ1) is 9.72. The maximum absolute atomic E-state index is 11.9. The molecular formula is C13H15N3O4. The summed E-state index contributed by atoms with van der Waals surface area (Å²) in [7, 11) is 0. The van der Waals surface area contributed by atoms with Crippen molar-refractivity contribution in [2.75, 3.05) is 25.2 Å². The maximum atomic E-state index is 11.9. The molecule has 2 amide bonds. The van der Waals surface area contributed by atoms with E-state index in [-0.39, 0.29) is 25.0 Å². The van der Waals surface area contributed by atoms with Crippen LogP contribution in [0.3, 0.4) is 0 Å². The summed E-state index contributed by atoms with van der Waals surface area (Å²) in [5, 5.41) is 8.47. The van der Waals surface area contributed by atoms with E-state index in [1.165, 1.54) is 0 Å². The zero-order valence-corrected chi connectivity index (χ0v) is 10.8. The van der Waals surface area contributed by atoms with Crippen molar-refractivity contribution in [1.29, 1.82) is 0 Å². The van der Waals surface area contributed by atoms with Crippen LogP contribution < -0.4 is 25.4 Å². The summed E-state index contributed by atoms with van der Waals surface area (Å²) in [4.78, 5) is 23.5. The zero-order valence-electron chi connectivity index (χ0n) is 10.8. The molecule has 20 heavy (non-hydrogen) atoms. The molecule has 0 spiro atoms. The second kappa shape index (κ2) is 5.38. The van der Waals surface area contributed by atoms with Crippen LogP contribution in [0.5, 0.6) is 11.5 Å². The van der Waals surface area contributed by atoms with E-state index in [0.717, 1.165) is 0 Å². The monoisotopic (exact) mass is 277 g/mol. The first kappa shape index (κ1) is 12.7. The van der Waals surface area contributed by atoms with Crippen molar-refractivity contribution in [3.05, 3.63) is 18.2 Å². The van der Waals surface area contributed by atoms with Crippen molar-refractivity contribution >= 4 is 17.5 Å². The third-order valence-electron chi connectivity index (χ3n) is 3.18. The average Bonchev–Trinajstić information content (AvgIpc) is 2.89. The van der Waals surface area contributed by atoms with Gasteiger partial charge in [0.05, 0.1) is 12.5 Å². The summed E-state index contributed by atoms with van der Waals surface area (Å²) >= 11 is 0. The van der Waals surface area contributed by atoms with Crippen LogP contribution in [0, 0.1) is 0 Å². The van der Waals surface area contributed by atoms with Crippen LogP contribution in [0.1, 0.15) is 6.42 Å². The lowest BCUT2D eigenvalue weighted by Gasteiger charge is -2.22. The van der Waals surface area contributed by atoms with E-state index in [1.807, 2.05) is 0 Å². The molecule has 106 valence electrons. The number of ether oxygens (including phenoxy) is 2. The fraction of sp³-hybridized carbons (Fsp3) is 0.385. The fourth-order valence-electron chi connectivity index (χ4n) is 2.18. The molecule has 0 unspecified atom stereocenters. The van der Waals surface area contributed by atoms with E-state index in [0.29, 0.717) is 30.3 Å². The molecule has 1 fully saturated rings. The molecule has 1 saturated heterocycles. The molecule has 3 N–H and O–H groups in total. The number of fused-ring (bicyclic) bond motifs is 1. The molecule has 2 aliphatic heterocycles. The molecule has 0 radical (unpaired) electrons. The molecular weight excluding hydrogens is 262 g/mol. The molecule has 7 heteroatoms. The number of carbonyl (C=O) groups excluding carboxylic acids is 2. The Morgan fingerprint density at radius 2 is 2.15 bits per heavy atom. The van der Waals surface area contributed by atoms with Crippen molar-refractivity contribution < 1.29 is 19.1 Å². The Morgan fingerprint density at radius 1 is 1.30 bits per heavy atom. The van der Waals surface area contributed by atoms with Crippen molar-refractivity contribution in [3.8, 4) is 11.5 Å². The fourth-order valence-corrected chi connectivity index (χ4v) is 2.18. The highest BCUT2D eigenvalue weighted by atomic mass is 16.7. The van der Waals surface area contributed by atoms with Gasteiger partial charge in [-0.1, -0.05) is 0 Å². The minimum Gasteiger partial charge on any atom is -0.454 e. The lowest BCUT2D eigenvalue weighted by Crippen LogP contribution is -2.53. The number of nitrogens with one attached hydrogen (secondary N) is 3. The van der Waals surface area contributed by atoms with Crippen LogP contribution in [0.2, 0.25) is 0 Å². The summed E-state index contributed by atoms with van der Waals surface area (Å²) in [5.74, 6) is 0.906. The molecule has 0 aromatic heterocycles. The first-order valence-electron chi connectivity index (χ1n) is 6.43. The number of anilines is 1. The van der Waals surface area contributed by atoms with Crippen molar-refractivity contribution in [2.45, 2.75) is 12.5 Å². The molecule has 3 rings (SSSR count). The number of benzene rings is 1. The van der Waals surface area contributed by atoms with E-state index in [4.69, 9.17) is 9.47 Å². The smallest absolute Gasteiger partial charge is 0.237 e. The standard InChI is InChI=1S/C13H15N3O4/c17-12(6-9-13(18)15-4-3-14-9)16-8-1-2-10-11(5-8)20-7-19-10/h1-2,5,9,14H,3-4,6-7H2,(H,15,18)(H,16,17)/t9-/m0/s1. The van der Waals surface area contributed by atoms with Crippen molar-refractivity contribution in [3.63, 3.8) is 0 Å². The quantitative estimate of drug-likeness (QED) is 0.714. The van der Waals surface area contributed by atoms with Gasteiger partial charge in [0.2, 0.25) is 18.6 Å². The third kappa shape index (κ3) is 2.67. The molecule has 2 heterocycles. The predicted octanol–water partition coefficient (Wildman–Crippen LogP) is -0.168. The number of rotatable bonds is 3. The van der Waals surface area contributed by atoms with Gasteiger partial charge in [-0.05, 0) is 12.1 Å². The van der Waals surface area contributed by atoms with Crippen LogP contribution in [-0.4, -0.2) is 37.7 Å². The second-order valence-electron chi connectivity index (χ2n) is 4.62. The van der Waals surface area contributed by atoms with Gasteiger partial charge >= 0.3 is 0 Å². The van der Waals surface area contributed by atoms with Crippen molar-refractivity contribution in [1.82, 2.24) is 10.6 Å². The number of carbonyl (C=O) groups is 2. The maximum Gasteiger partial charge on any atom is 0.237 e. The highest BCUT2D eigenvalue weighted by Crippen LogP contribution is 2.34. The van der Waals surface area contributed by atoms with E-state index < -0.39 is 6.04 Å². The average molecular weight is 277 g/mol. The second-order valence-corrected chi connectivity index (χ2v) is 4.62. The van der Waals surface area contributed by atoms with E-state index >= 15 is 0 Å². The molecule has 0 bridgehead atoms. The number of hydrogen-bond donors (Lipinski definition) is 3. The van der Waals surface area contributed by atoms with Gasteiger partial charge in [0, 0.05) is 24.8 Å². The summed E-state index contributed by atoms with van der Waals surface area (Å²) in [6.45, 7) is 1.46. The van der Waals surface area contributed by atoms with Gasteiger partial charge in [-0.3, -0.25) is 9.59 Å². The zero-order chi connectivity index (χ0) is 13.9. The lowest BCUT2D eigenvalue weighted by atomic mass is 10.1. The number of amides is 2. The van der Waals surface area contributed by atoms with Gasteiger partial charge in [-0.15, -0.1) is 0 Å². The Hall–Kier alpha value is -2.28. The number of piperazine rings is 1.